The molecule has 1 aliphatic heterocycles. The van der Waals surface area contributed by atoms with Gasteiger partial charge in [-0.25, -0.2) is 0 Å². The van der Waals surface area contributed by atoms with Gasteiger partial charge in [0, 0.05) is 10.2 Å². The Kier molecular flexibility index (Phi) is 4.25. The van der Waals surface area contributed by atoms with Crippen LogP contribution in [0.4, 0.5) is 5.69 Å². The van der Waals surface area contributed by atoms with Gasteiger partial charge in [0.2, 0.25) is 5.76 Å². The minimum Gasteiger partial charge on any atom is -0.508 e. The number of aromatic hydroxyl groups is 1. The first-order chi connectivity index (χ1) is 14.4. The quantitative estimate of drug-likeness (QED) is 0.438. The minimum atomic E-state index is -0.707. The highest BCUT2D eigenvalue weighted by Crippen LogP contribution is 2.42. The molecule has 0 aliphatic carbocycles. The fraction of sp³-hybridized carbons (Fsp3) is 0.0833. The zero-order valence-corrected chi connectivity index (χ0v) is 17.5. The molecule has 3 aromatic carbocycles. The predicted octanol–water partition coefficient (Wildman–Crippen LogP) is 5.32. The van der Waals surface area contributed by atoms with E-state index in [0.717, 1.165) is 10.0 Å². The van der Waals surface area contributed by atoms with E-state index in [4.69, 9.17) is 4.42 Å². The first-order valence-electron chi connectivity index (χ1n) is 9.39. The Morgan fingerprint density at radius 1 is 1.00 bits per heavy atom. The molecular formula is C24H16BrNO4. The molecule has 1 N–H and O–H groups in total. The molecule has 148 valence electrons. The Hall–Kier alpha value is -3.38. The molecule has 5 rings (SSSR count). The summed E-state index contributed by atoms with van der Waals surface area (Å²) in [6.45, 7) is 1.96. The monoisotopic (exact) mass is 461 g/mol. The molecule has 0 fully saturated rings. The van der Waals surface area contributed by atoms with E-state index in [2.05, 4.69) is 15.9 Å². The molecule has 0 bridgehead atoms. The SMILES string of the molecule is Cc1ccc(N2C(=O)c3oc4ccc(Br)cc4c(=O)c3C2c2cccc(O)c2)cc1. The van der Waals surface area contributed by atoms with E-state index < -0.39 is 6.04 Å². The van der Waals surface area contributed by atoms with E-state index in [0.29, 0.717) is 22.2 Å². The molecule has 30 heavy (non-hydrogen) atoms. The number of amides is 1. The van der Waals surface area contributed by atoms with E-state index >= 15 is 0 Å². The largest absolute Gasteiger partial charge is 0.508 e. The van der Waals surface area contributed by atoms with Crippen LogP contribution >= 0.6 is 15.9 Å². The third-order valence-electron chi connectivity index (χ3n) is 5.33. The van der Waals surface area contributed by atoms with Gasteiger partial charge >= 0.3 is 0 Å². The highest BCUT2D eigenvalue weighted by Gasteiger charge is 2.43. The van der Waals surface area contributed by atoms with Crippen molar-refractivity contribution in [3.05, 3.63) is 104 Å². The van der Waals surface area contributed by atoms with Crippen LogP contribution in [-0.2, 0) is 0 Å². The van der Waals surface area contributed by atoms with Crippen molar-refractivity contribution in [1.82, 2.24) is 0 Å². The number of benzene rings is 3. The van der Waals surface area contributed by atoms with Gasteiger partial charge in [0.15, 0.2) is 5.43 Å². The van der Waals surface area contributed by atoms with Gasteiger partial charge in [0.1, 0.15) is 11.3 Å². The first kappa shape index (κ1) is 18.6. The second-order valence-corrected chi connectivity index (χ2v) is 8.24. The number of nitrogens with zero attached hydrogens (tertiary/aromatic N) is 1. The highest BCUT2D eigenvalue weighted by atomic mass is 79.9. The zero-order valence-electron chi connectivity index (χ0n) is 15.9. The summed E-state index contributed by atoms with van der Waals surface area (Å²) in [4.78, 5) is 28.5. The van der Waals surface area contributed by atoms with Crippen LogP contribution in [0.1, 0.15) is 33.3 Å². The normalized spacial score (nSPS) is 15.6. The van der Waals surface area contributed by atoms with Crippen LogP contribution in [0.15, 0.2) is 80.4 Å². The number of anilines is 1. The van der Waals surface area contributed by atoms with E-state index in [9.17, 15) is 14.7 Å². The summed E-state index contributed by atoms with van der Waals surface area (Å²) in [6, 6.07) is 18.5. The van der Waals surface area contributed by atoms with Gasteiger partial charge in [-0.3, -0.25) is 14.5 Å². The third-order valence-corrected chi connectivity index (χ3v) is 5.82. The molecular weight excluding hydrogens is 446 g/mol. The van der Waals surface area contributed by atoms with Gasteiger partial charge in [-0.1, -0.05) is 45.8 Å². The number of carbonyl (C=O) groups excluding carboxylic acids is 1. The van der Waals surface area contributed by atoms with Crippen molar-refractivity contribution < 1.29 is 14.3 Å². The summed E-state index contributed by atoms with van der Waals surface area (Å²) >= 11 is 3.39. The maximum atomic E-state index is 13.5. The van der Waals surface area contributed by atoms with Gasteiger partial charge in [-0.05, 0) is 55.0 Å². The van der Waals surface area contributed by atoms with Crippen LogP contribution in [0.25, 0.3) is 11.0 Å². The fourth-order valence-corrected chi connectivity index (χ4v) is 4.29. The van der Waals surface area contributed by atoms with Crippen LogP contribution in [-0.4, -0.2) is 11.0 Å². The van der Waals surface area contributed by atoms with E-state index in [1.165, 1.54) is 0 Å². The molecule has 1 amide bonds. The van der Waals surface area contributed by atoms with Crippen LogP contribution < -0.4 is 10.3 Å². The Bertz CT molecular complexity index is 1370. The number of phenolic OH excluding ortho intramolecular Hbond substituents is 1. The van der Waals surface area contributed by atoms with Crippen molar-refractivity contribution in [2.24, 2.45) is 0 Å². The third kappa shape index (κ3) is 2.83. The number of halogens is 1. The number of phenols is 1. The Balaban J connectivity index is 1.83. The van der Waals surface area contributed by atoms with Gasteiger partial charge in [0.05, 0.1) is 17.0 Å². The molecule has 2 heterocycles. The van der Waals surface area contributed by atoms with Crippen molar-refractivity contribution in [3.8, 4) is 5.75 Å². The summed E-state index contributed by atoms with van der Waals surface area (Å²) in [7, 11) is 0. The fourth-order valence-electron chi connectivity index (χ4n) is 3.93. The predicted molar refractivity (Wildman–Crippen MR) is 118 cm³/mol. The molecule has 0 saturated heterocycles. The van der Waals surface area contributed by atoms with E-state index in [-0.39, 0.29) is 28.4 Å². The van der Waals surface area contributed by atoms with Gasteiger partial charge < -0.3 is 9.52 Å². The highest BCUT2D eigenvalue weighted by molar-refractivity contribution is 9.10. The average molecular weight is 462 g/mol. The molecule has 5 nitrogen and oxygen atoms in total. The number of fused-ring (bicyclic) bond motifs is 2. The first-order valence-corrected chi connectivity index (χ1v) is 10.2. The lowest BCUT2D eigenvalue weighted by Gasteiger charge is -2.25. The molecule has 1 aliphatic rings. The van der Waals surface area contributed by atoms with Crippen molar-refractivity contribution in [3.63, 3.8) is 0 Å². The second-order valence-electron chi connectivity index (χ2n) is 7.32. The maximum absolute atomic E-state index is 13.5. The van der Waals surface area contributed by atoms with E-state index in [1.807, 2.05) is 31.2 Å². The van der Waals surface area contributed by atoms with Crippen molar-refractivity contribution >= 4 is 38.5 Å². The van der Waals surface area contributed by atoms with E-state index in [1.54, 1.807) is 47.4 Å². The zero-order chi connectivity index (χ0) is 21.0. The molecule has 0 saturated carbocycles. The van der Waals surface area contributed by atoms with Crippen LogP contribution in [0.2, 0.25) is 0 Å². The molecule has 1 aromatic heterocycles. The molecule has 0 spiro atoms. The van der Waals surface area contributed by atoms with Gasteiger partial charge in [0.25, 0.3) is 5.91 Å². The lowest BCUT2D eigenvalue weighted by atomic mass is 9.98. The lowest BCUT2D eigenvalue weighted by Crippen LogP contribution is -2.29. The average Bonchev–Trinajstić information content (AvgIpc) is 3.02. The van der Waals surface area contributed by atoms with Crippen molar-refractivity contribution in [1.29, 1.82) is 0 Å². The number of carbonyl (C=O) groups is 1. The Labute approximate surface area is 180 Å². The number of hydrogen-bond acceptors (Lipinski definition) is 4. The summed E-state index contributed by atoms with van der Waals surface area (Å²) in [5.74, 6) is -0.293. The number of hydrogen-bond donors (Lipinski definition) is 1. The molecule has 0 radical (unpaired) electrons. The summed E-state index contributed by atoms with van der Waals surface area (Å²) < 4.78 is 6.68. The van der Waals surface area contributed by atoms with Gasteiger partial charge in [-0.15, -0.1) is 0 Å². The smallest absolute Gasteiger partial charge is 0.295 e. The molecule has 1 atom stereocenters. The van der Waals surface area contributed by atoms with Crippen LogP contribution in [0, 0.1) is 6.92 Å². The lowest BCUT2D eigenvalue weighted by molar-refractivity contribution is 0.0971. The second kappa shape index (κ2) is 6.85. The van der Waals surface area contributed by atoms with Gasteiger partial charge in [-0.2, -0.15) is 0 Å². The maximum Gasteiger partial charge on any atom is 0.295 e. The van der Waals surface area contributed by atoms with Crippen LogP contribution in [0.3, 0.4) is 0 Å². The summed E-state index contributed by atoms with van der Waals surface area (Å²) in [5.41, 5.74) is 2.71. The molecule has 4 aromatic rings. The van der Waals surface area contributed by atoms with Crippen LogP contribution in [0.5, 0.6) is 5.75 Å². The minimum absolute atomic E-state index is 0.0312. The summed E-state index contributed by atoms with van der Waals surface area (Å²) in [6.07, 6.45) is 0. The topological polar surface area (TPSA) is 70.8 Å². The Morgan fingerprint density at radius 2 is 1.77 bits per heavy atom. The summed E-state index contributed by atoms with van der Waals surface area (Å²) in [5, 5.41) is 10.4. The molecule has 6 heteroatoms. The van der Waals surface area contributed by atoms with Crippen molar-refractivity contribution in [2.75, 3.05) is 4.90 Å². The standard InChI is InChI=1S/C24H16BrNO4/c1-13-5-8-16(9-6-13)26-21(14-3-2-4-17(27)11-14)20-22(28)18-12-15(25)7-10-19(18)30-23(20)24(26)29/h2-12,21,27H,1H3. The number of rotatable bonds is 2. The Morgan fingerprint density at radius 3 is 2.50 bits per heavy atom. The number of aryl methyl sites for hydroxylation is 1. The van der Waals surface area contributed by atoms with Crippen molar-refractivity contribution in [2.45, 2.75) is 13.0 Å². The molecule has 1 unspecified atom stereocenters.